The number of carbonyl (C=O) groups is 3. The van der Waals surface area contributed by atoms with Crippen molar-refractivity contribution in [1.29, 1.82) is 0 Å². The number of nitrogens with one attached hydrogen (secondary N) is 1. The van der Waals surface area contributed by atoms with E-state index >= 15 is 0 Å². The highest BCUT2D eigenvalue weighted by Crippen LogP contribution is 2.60. The molecule has 6 heteroatoms. The second-order valence-corrected chi connectivity index (χ2v) is 9.10. The SMILES string of the molecule is O=C1COC(Nc2ccccc2)=C1C(=O)OCC(=O)C12CC3CC(CC(C3)C1)C2. The van der Waals surface area contributed by atoms with Gasteiger partial charge in [-0.05, 0) is 68.4 Å². The van der Waals surface area contributed by atoms with Gasteiger partial charge in [-0.1, -0.05) is 18.2 Å². The number of carbonyl (C=O) groups excluding carboxylic acids is 3. The molecule has 5 aliphatic rings. The van der Waals surface area contributed by atoms with Crippen molar-refractivity contribution in [3.05, 3.63) is 41.8 Å². The lowest BCUT2D eigenvalue weighted by atomic mass is 9.48. The Hall–Kier alpha value is -2.63. The van der Waals surface area contributed by atoms with Crippen molar-refractivity contribution < 1.29 is 23.9 Å². The van der Waals surface area contributed by atoms with Crippen molar-refractivity contribution in [3.8, 4) is 0 Å². The normalized spacial score (nSPS) is 32.3. The maximum atomic E-state index is 13.0. The molecule has 0 spiro atoms. The maximum Gasteiger partial charge on any atom is 0.347 e. The van der Waals surface area contributed by atoms with Crippen molar-refractivity contribution in [2.24, 2.45) is 23.2 Å². The van der Waals surface area contributed by atoms with Crippen LogP contribution in [0.1, 0.15) is 38.5 Å². The first-order valence-electron chi connectivity index (χ1n) is 10.5. The topological polar surface area (TPSA) is 81.7 Å². The van der Waals surface area contributed by atoms with Gasteiger partial charge in [-0.3, -0.25) is 9.59 Å². The molecule has 0 atom stereocenters. The number of hydrogen-bond acceptors (Lipinski definition) is 6. The van der Waals surface area contributed by atoms with Crippen LogP contribution in [0.25, 0.3) is 0 Å². The molecule has 1 aliphatic heterocycles. The fourth-order valence-electron chi connectivity index (χ4n) is 6.17. The van der Waals surface area contributed by atoms with Gasteiger partial charge in [0.1, 0.15) is 0 Å². The molecule has 152 valence electrons. The summed E-state index contributed by atoms with van der Waals surface area (Å²) in [7, 11) is 0. The van der Waals surface area contributed by atoms with Crippen molar-refractivity contribution in [3.63, 3.8) is 0 Å². The summed E-state index contributed by atoms with van der Waals surface area (Å²) in [5.74, 6) is 0.836. The van der Waals surface area contributed by atoms with Gasteiger partial charge in [0, 0.05) is 11.1 Å². The minimum Gasteiger partial charge on any atom is -0.470 e. The quantitative estimate of drug-likeness (QED) is 0.588. The van der Waals surface area contributed by atoms with Gasteiger partial charge in [-0.25, -0.2) is 4.79 Å². The van der Waals surface area contributed by atoms with Gasteiger partial charge in [0.2, 0.25) is 11.7 Å². The van der Waals surface area contributed by atoms with Crippen molar-refractivity contribution in [1.82, 2.24) is 0 Å². The number of rotatable bonds is 6. The number of Topliss-reactive ketones (excluding diaryl/α,β-unsaturated/α-hetero) is 2. The summed E-state index contributed by atoms with van der Waals surface area (Å²) in [4.78, 5) is 37.8. The zero-order valence-electron chi connectivity index (χ0n) is 16.3. The van der Waals surface area contributed by atoms with Gasteiger partial charge in [-0.2, -0.15) is 0 Å². The Bertz CT molecular complexity index is 853. The second kappa shape index (κ2) is 7.01. The van der Waals surface area contributed by atoms with Crippen LogP contribution in [0.5, 0.6) is 0 Å². The van der Waals surface area contributed by atoms with Crippen molar-refractivity contribution in [2.75, 3.05) is 18.5 Å². The molecule has 1 aromatic carbocycles. The highest BCUT2D eigenvalue weighted by Gasteiger charge is 2.54. The van der Waals surface area contributed by atoms with E-state index in [-0.39, 0.29) is 35.9 Å². The summed E-state index contributed by atoms with van der Waals surface area (Å²) >= 11 is 0. The average molecular weight is 395 g/mol. The first-order chi connectivity index (χ1) is 14.0. The molecule has 0 amide bonds. The molecule has 4 bridgehead atoms. The van der Waals surface area contributed by atoms with Crippen molar-refractivity contribution in [2.45, 2.75) is 38.5 Å². The van der Waals surface area contributed by atoms with Gasteiger partial charge in [0.15, 0.2) is 24.6 Å². The highest BCUT2D eigenvalue weighted by molar-refractivity contribution is 6.20. The molecule has 1 N–H and O–H groups in total. The summed E-state index contributed by atoms with van der Waals surface area (Å²) in [5, 5.41) is 2.95. The Kier molecular flexibility index (Phi) is 4.45. The molecule has 0 aromatic heterocycles. The molecule has 1 aromatic rings. The largest absolute Gasteiger partial charge is 0.470 e. The van der Waals surface area contributed by atoms with E-state index in [9.17, 15) is 14.4 Å². The zero-order valence-corrected chi connectivity index (χ0v) is 16.3. The number of para-hydroxylation sites is 1. The fourth-order valence-corrected chi connectivity index (χ4v) is 6.17. The molecule has 1 heterocycles. The Morgan fingerprint density at radius 1 is 1.03 bits per heavy atom. The van der Waals surface area contributed by atoms with E-state index in [4.69, 9.17) is 9.47 Å². The second-order valence-electron chi connectivity index (χ2n) is 9.10. The first kappa shape index (κ1) is 18.4. The number of esters is 1. The minimum absolute atomic E-state index is 0.0227. The fraction of sp³-hybridized carbons (Fsp3) is 0.522. The van der Waals surface area contributed by atoms with Crippen LogP contribution in [0.4, 0.5) is 5.69 Å². The van der Waals surface area contributed by atoms with E-state index in [1.165, 1.54) is 19.3 Å². The molecule has 4 aliphatic carbocycles. The molecular weight excluding hydrogens is 370 g/mol. The molecule has 6 rings (SSSR count). The summed E-state index contributed by atoms with van der Waals surface area (Å²) in [6.07, 6.45) is 6.54. The van der Waals surface area contributed by atoms with Crippen LogP contribution in [0.2, 0.25) is 0 Å². The number of hydrogen-bond donors (Lipinski definition) is 1. The van der Waals surface area contributed by atoms with Crippen LogP contribution >= 0.6 is 0 Å². The lowest BCUT2D eigenvalue weighted by molar-refractivity contribution is -0.156. The van der Waals surface area contributed by atoms with E-state index < -0.39 is 11.8 Å². The van der Waals surface area contributed by atoms with Crippen LogP contribution in [0.15, 0.2) is 41.8 Å². The van der Waals surface area contributed by atoms with Gasteiger partial charge >= 0.3 is 5.97 Å². The van der Waals surface area contributed by atoms with Crippen molar-refractivity contribution >= 4 is 23.2 Å². The third-order valence-corrected chi connectivity index (χ3v) is 7.05. The Labute approximate surface area is 169 Å². The standard InChI is InChI=1S/C23H25NO5/c25-18-12-28-21(24-17-4-2-1-3-5-17)20(18)22(27)29-13-19(26)23-9-14-6-15(10-23)8-16(7-14)11-23/h1-5,14-16,24H,6-13H2. The van der Waals surface area contributed by atoms with Crippen LogP contribution in [0.3, 0.4) is 0 Å². The minimum atomic E-state index is -0.788. The highest BCUT2D eigenvalue weighted by atomic mass is 16.5. The first-order valence-corrected chi connectivity index (χ1v) is 10.5. The predicted molar refractivity (Wildman–Crippen MR) is 105 cm³/mol. The lowest BCUT2D eigenvalue weighted by Crippen LogP contribution is -2.51. The maximum absolute atomic E-state index is 13.0. The zero-order chi connectivity index (χ0) is 20.0. The molecule has 4 fully saturated rings. The lowest BCUT2D eigenvalue weighted by Gasteiger charge is -2.55. The van der Waals surface area contributed by atoms with E-state index in [2.05, 4.69) is 5.32 Å². The molecule has 0 unspecified atom stereocenters. The molecule has 0 radical (unpaired) electrons. The summed E-state index contributed by atoms with van der Waals surface area (Å²) < 4.78 is 10.7. The van der Waals surface area contributed by atoms with E-state index in [0.717, 1.165) is 19.3 Å². The Morgan fingerprint density at radius 2 is 1.66 bits per heavy atom. The van der Waals surface area contributed by atoms with Crippen LogP contribution in [0, 0.1) is 23.2 Å². The van der Waals surface area contributed by atoms with Crippen LogP contribution in [-0.2, 0) is 23.9 Å². The number of ether oxygens (including phenoxy) is 2. The summed E-state index contributed by atoms with van der Waals surface area (Å²) in [6.45, 7) is -0.469. The van der Waals surface area contributed by atoms with E-state index in [0.29, 0.717) is 23.4 Å². The van der Waals surface area contributed by atoms with Gasteiger partial charge in [0.25, 0.3) is 0 Å². The third kappa shape index (κ3) is 3.34. The van der Waals surface area contributed by atoms with E-state index in [1.807, 2.05) is 18.2 Å². The predicted octanol–water partition coefficient (Wildman–Crippen LogP) is 3.24. The van der Waals surface area contributed by atoms with Crippen LogP contribution in [-0.4, -0.2) is 30.7 Å². The third-order valence-electron chi connectivity index (χ3n) is 7.05. The molecule has 0 saturated heterocycles. The number of benzene rings is 1. The molecule has 29 heavy (non-hydrogen) atoms. The molecule has 6 nitrogen and oxygen atoms in total. The summed E-state index contributed by atoms with van der Waals surface area (Å²) in [5.41, 5.74) is 0.240. The Balaban J connectivity index is 1.27. The van der Waals surface area contributed by atoms with Gasteiger partial charge in [0.05, 0.1) is 0 Å². The Morgan fingerprint density at radius 3 is 2.28 bits per heavy atom. The number of anilines is 1. The van der Waals surface area contributed by atoms with E-state index in [1.54, 1.807) is 12.1 Å². The summed E-state index contributed by atoms with van der Waals surface area (Å²) in [6, 6.07) is 9.15. The van der Waals surface area contributed by atoms with Gasteiger partial charge in [-0.15, -0.1) is 0 Å². The number of ketones is 2. The van der Waals surface area contributed by atoms with Crippen LogP contribution < -0.4 is 5.32 Å². The monoisotopic (exact) mass is 395 g/mol. The molecule has 4 saturated carbocycles. The smallest absolute Gasteiger partial charge is 0.347 e. The average Bonchev–Trinajstić information content (AvgIpc) is 3.05. The van der Waals surface area contributed by atoms with Gasteiger partial charge < -0.3 is 14.8 Å². The molecular formula is C23H25NO5.